The zero-order valence-corrected chi connectivity index (χ0v) is 14.6. The SMILES string of the molecule is O=C1C[C@H](CNS(=O)(=O)c2cccnc2)CN1c1ccc2c(c1)OCO2. The largest absolute Gasteiger partial charge is 0.454 e. The number of ether oxygens (including phenoxy) is 2. The minimum absolute atomic E-state index is 0.0468. The average Bonchev–Trinajstić information content (AvgIpc) is 3.26. The molecular formula is C17H17N3O5S. The van der Waals surface area contributed by atoms with Gasteiger partial charge >= 0.3 is 0 Å². The van der Waals surface area contributed by atoms with Crippen molar-refractivity contribution in [2.75, 3.05) is 24.8 Å². The smallest absolute Gasteiger partial charge is 0.242 e. The van der Waals surface area contributed by atoms with Crippen molar-refractivity contribution in [3.05, 3.63) is 42.7 Å². The number of aromatic nitrogens is 1. The first-order chi connectivity index (χ1) is 12.5. The monoisotopic (exact) mass is 375 g/mol. The van der Waals surface area contributed by atoms with Crippen molar-refractivity contribution in [3.8, 4) is 11.5 Å². The van der Waals surface area contributed by atoms with Crippen molar-refractivity contribution in [2.24, 2.45) is 5.92 Å². The molecule has 0 aliphatic carbocycles. The van der Waals surface area contributed by atoms with Crippen LogP contribution in [-0.4, -0.2) is 39.2 Å². The number of hydrogen-bond donors (Lipinski definition) is 1. The molecule has 1 saturated heterocycles. The molecule has 2 aromatic rings. The molecule has 1 aromatic heterocycles. The first kappa shape index (κ1) is 16.8. The molecule has 1 amide bonds. The Morgan fingerprint density at radius 3 is 2.88 bits per heavy atom. The van der Waals surface area contributed by atoms with Gasteiger partial charge < -0.3 is 14.4 Å². The number of hydrogen-bond acceptors (Lipinski definition) is 6. The number of rotatable bonds is 5. The quantitative estimate of drug-likeness (QED) is 0.842. The van der Waals surface area contributed by atoms with E-state index in [4.69, 9.17) is 9.47 Å². The number of sulfonamides is 1. The molecule has 3 heterocycles. The molecule has 2 aliphatic heterocycles. The highest BCUT2D eigenvalue weighted by molar-refractivity contribution is 7.89. The van der Waals surface area contributed by atoms with Crippen LogP contribution in [0.5, 0.6) is 11.5 Å². The van der Waals surface area contributed by atoms with E-state index >= 15 is 0 Å². The normalized spacial score (nSPS) is 19.2. The summed E-state index contributed by atoms with van der Waals surface area (Å²) in [7, 11) is -3.63. The van der Waals surface area contributed by atoms with Crippen LogP contribution in [0.25, 0.3) is 0 Å². The van der Waals surface area contributed by atoms with Gasteiger partial charge in [-0.15, -0.1) is 0 Å². The fourth-order valence-electron chi connectivity index (χ4n) is 3.04. The van der Waals surface area contributed by atoms with Crippen LogP contribution in [0.4, 0.5) is 5.69 Å². The number of nitrogens with one attached hydrogen (secondary N) is 1. The van der Waals surface area contributed by atoms with Crippen LogP contribution in [0.2, 0.25) is 0 Å². The lowest BCUT2D eigenvalue weighted by Gasteiger charge is -2.17. The Kier molecular flexibility index (Phi) is 4.25. The van der Waals surface area contributed by atoms with Crippen LogP contribution < -0.4 is 19.1 Å². The second-order valence-corrected chi connectivity index (χ2v) is 7.92. The highest BCUT2D eigenvalue weighted by Crippen LogP contribution is 2.37. The van der Waals surface area contributed by atoms with E-state index < -0.39 is 10.0 Å². The van der Waals surface area contributed by atoms with Crippen LogP contribution in [0, 0.1) is 5.92 Å². The number of carbonyl (C=O) groups excluding carboxylic acids is 1. The van der Waals surface area contributed by atoms with E-state index in [1.54, 1.807) is 29.2 Å². The summed E-state index contributed by atoms with van der Waals surface area (Å²) >= 11 is 0. The molecule has 8 nitrogen and oxygen atoms in total. The molecule has 0 radical (unpaired) electrons. The highest BCUT2D eigenvalue weighted by atomic mass is 32.2. The lowest BCUT2D eigenvalue weighted by atomic mass is 10.1. The number of benzene rings is 1. The van der Waals surface area contributed by atoms with Crippen LogP contribution in [0.15, 0.2) is 47.6 Å². The summed E-state index contributed by atoms with van der Waals surface area (Å²) in [6.45, 7) is 0.795. The molecule has 1 atom stereocenters. The summed E-state index contributed by atoms with van der Waals surface area (Å²) < 4.78 is 37.7. The Morgan fingerprint density at radius 2 is 2.08 bits per heavy atom. The van der Waals surface area contributed by atoms with Crippen molar-refractivity contribution in [1.29, 1.82) is 0 Å². The van der Waals surface area contributed by atoms with Gasteiger partial charge in [-0.2, -0.15) is 0 Å². The summed E-state index contributed by atoms with van der Waals surface area (Å²) in [6, 6.07) is 8.38. The first-order valence-corrected chi connectivity index (χ1v) is 9.61. The van der Waals surface area contributed by atoms with Gasteiger partial charge in [0.1, 0.15) is 4.90 Å². The third-order valence-corrected chi connectivity index (χ3v) is 5.79. The van der Waals surface area contributed by atoms with Crippen molar-refractivity contribution < 1.29 is 22.7 Å². The maximum Gasteiger partial charge on any atom is 0.242 e. The molecule has 1 fully saturated rings. The lowest BCUT2D eigenvalue weighted by Crippen LogP contribution is -2.31. The minimum Gasteiger partial charge on any atom is -0.454 e. The van der Waals surface area contributed by atoms with Crippen LogP contribution >= 0.6 is 0 Å². The van der Waals surface area contributed by atoms with Crippen LogP contribution in [0.1, 0.15) is 6.42 Å². The zero-order chi connectivity index (χ0) is 18.1. The standard InChI is InChI=1S/C17H17N3O5S/c21-17-6-12(8-19-26(22,23)14-2-1-5-18-9-14)10-20(17)13-3-4-15-16(7-13)25-11-24-15/h1-5,7,9,12,19H,6,8,10-11H2/t12-/m1/s1. The highest BCUT2D eigenvalue weighted by Gasteiger charge is 2.32. The predicted molar refractivity (Wildman–Crippen MR) is 92.5 cm³/mol. The molecule has 0 saturated carbocycles. The van der Waals surface area contributed by atoms with Crippen molar-refractivity contribution in [3.63, 3.8) is 0 Å². The van der Waals surface area contributed by atoms with E-state index in [2.05, 4.69) is 9.71 Å². The van der Waals surface area contributed by atoms with E-state index in [1.165, 1.54) is 18.5 Å². The molecule has 2 aliphatic rings. The molecule has 4 rings (SSSR count). The molecule has 0 spiro atoms. The van der Waals surface area contributed by atoms with Gasteiger partial charge in [0, 0.05) is 43.7 Å². The van der Waals surface area contributed by atoms with Crippen molar-refractivity contribution >= 4 is 21.6 Å². The maximum absolute atomic E-state index is 12.3. The van der Waals surface area contributed by atoms with Crippen LogP contribution in [0.3, 0.4) is 0 Å². The number of fused-ring (bicyclic) bond motifs is 1. The van der Waals surface area contributed by atoms with E-state index in [9.17, 15) is 13.2 Å². The van der Waals surface area contributed by atoms with Crippen LogP contribution in [-0.2, 0) is 14.8 Å². The van der Waals surface area contributed by atoms with E-state index in [0.29, 0.717) is 18.0 Å². The van der Waals surface area contributed by atoms with Crippen molar-refractivity contribution in [1.82, 2.24) is 9.71 Å². The van der Waals surface area contributed by atoms with E-state index in [0.717, 1.165) is 5.69 Å². The van der Waals surface area contributed by atoms with Crippen molar-refractivity contribution in [2.45, 2.75) is 11.3 Å². The van der Waals surface area contributed by atoms with Gasteiger partial charge in [0.15, 0.2) is 11.5 Å². The Morgan fingerprint density at radius 1 is 1.23 bits per heavy atom. The molecule has 26 heavy (non-hydrogen) atoms. The molecule has 0 bridgehead atoms. The summed E-state index contributed by atoms with van der Waals surface area (Å²) in [5.41, 5.74) is 0.719. The summed E-state index contributed by atoms with van der Waals surface area (Å²) in [5.74, 6) is 1.10. The van der Waals surface area contributed by atoms with E-state index in [-0.39, 0.29) is 36.5 Å². The van der Waals surface area contributed by atoms with Gasteiger partial charge in [0.2, 0.25) is 22.7 Å². The Hall–Kier alpha value is -2.65. The van der Waals surface area contributed by atoms with Gasteiger partial charge in [-0.25, -0.2) is 13.1 Å². The zero-order valence-electron chi connectivity index (χ0n) is 13.8. The summed E-state index contributed by atoms with van der Waals surface area (Å²) in [6.07, 6.45) is 3.09. The van der Waals surface area contributed by atoms with Gasteiger partial charge in [-0.05, 0) is 30.2 Å². The molecule has 136 valence electrons. The van der Waals surface area contributed by atoms with Gasteiger partial charge in [0.25, 0.3) is 0 Å². The number of amides is 1. The Labute approximate surface area is 150 Å². The third-order valence-electron chi connectivity index (χ3n) is 4.38. The number of nitrogens with zero attached hydrogens (tertiary/aromatic N) is 2. The molecular weight excluding hydrogens is 358 g/mol. The Bertz CT molecular complexity index is 933. The molecule has 1 aromatic carbocycles. The lowest BCUT2D eigenvalue weighted by molar-refractivity contribution is -0.117. The average molecular weight is 375 g/mol. The van der Waals surface area contributed by atoms with Gasteiger partial charge in [0.05, 0.1) is 0 Å². The number of pyridine rings is 1. The predicted octanol–water partition coefficient (Wildman–Crippen LogP) is 1.14. The van der Waals surface area contributed by atoms with Gasteiger partial charge in [-0.1, -0.05) is 0 Å². The summed E-state index contributed by atoms with van der Waals surface area (Å²) in [5, 5.41) is 0. The van der Waals surface area contributed by atoms with Gasteiger partial charge in [-0.3, -0.25) is 9.78 Å². The summed E-state index contributed by atoms with van der Waals surface area (Å²) in [4.78, 5) is 17.9. The third kappa shape index (κ3) is 3.23. The molecule has 9 heteroatoms. The fourth-order valence-corrected chi connectivity index (χ4v) is 4.12. The van der Waals surface area contributed by atoms with E-state index in [1.807, 2.05) is 0 Å². The minimum atomic E-state index is -3.63. The number of carbonyl (C=O) groups is 1. The topological polar surface area (TPSA) is 97.8 Å². The maximum atomic E-state index is 12.3. The molecule has 1 N–H and O–H groups in total. The Balaban J connectivity index is 1.42. The fraction of sp³-hybridized carbons (Fsp3) is 0.294. The first-order valence-electron chi connectivity index (χ1n) is 8.13. The number of anilines is 1. The molecule has 0 unspecified atom stereocenters. The second-order valence-electron chi connectivity index (χ2n) is 6.15. The second kappa shape index (κ2) is 6.58.